The summed E-state index contributed by atoms with van der Waals surface area (Å²) in [5.74, 6) is -0.189. The molecule has 0 aliphatic heterocycles. The van der Waals surface area contributed by atoms with E-state index in [4.69, 9.17) is 0 Å². The minimum atomic E-state index is -4.43. The number of benzene rings is 1. The van der Waals surface area contributed by atoms with E-state index in [-0.39, 0.29) is 11.4 Å². The summed E-state index contributed by atoms with van der Waals surface area (Å²) < 4.78 is 39.9. The number of nitrogens with zero attached hydrogens (tertiary/aromatic N) is 2. The van der Waals surface area contributed by atoms with Crippen molar-refractivity contribution in [1.29, 1.82) is 0 Å². The van der Waals surface area contributed by atoms with Crippen molar-refractivity contribution < 1.29 is 18.0 Å². The molecule has 0 radical (unpaired) electrons. The monoisotopic (exact) mass is 372 g/mol. The van der Waals surface area contributed by atoms with Crippen molar-refractivity contribution in [3.63, 3.8) is 0 Å². The summed E-state index contributed by atoms with van der Waals surface area (Å²) >= 11 is 0. The summed E-state index contributed by atoms with van der Waals surface area (Å²) in [5.41, 5.74) is 1.02. The van der Waals surface area contributed by atoms with Gasteiger partial charge in [-0.05, 0) is 37.0 Å². The Morgan fingerprint density at radius 3 is 2.56 bits per heavy atom. The summed E-state index contributed by atoms with van der Waals surface area (Å²) in [7, 11) is 0. The van der Waals surface area contributed by atoms with E-state index in [9.17, 15) is 18.0 Å². The molecule has 3 rings (SSSR count). The third kappa shape index (κ3) is 4.27. The van der Waals surface area contributed by atoms with Crippen molar-refractivity contribution in [3.05, 3.63) is 84.0 Å². The number of carbonyl (C=O) groups excluding carboxylic acids is 1. The van der Waals surface area contributed by atoms with Crippen LogP contribution in [0.3, 0.4) is 0 Å². The molecule has 0 unspecified atom stereocenters. The Bertz CT molecular complexity index is 902. The van der Waals surface area contributed by atoms with Crippen molar-refractivity contribution in [2.24, 2.45) is 0 Å². The molecule has 3 nitrogen and oxygen atoms in total. The number of allylic oxidation sites excluding steroid dienone is 5. The second kappa shape index (κ2) is 7.78. The molecule has 2 aromatic rings. The highest BCUT2D eigenvalue weighted by Crippen LogP contribution is 2.29. The van der Waals surface area contributed by atoms with E-state index in [2.05, 4.69) is 23.7 Å². The lowest BCUT2D eigenvalue weighted by atomic mass is 10.1. The first-order valence-corrected chi connectivity index (χ1v) is 8.67. The highest BCUT2D eigenvalue weighted by Gasteiger charge is 2.30. The van der Waals surface area contributed by atoms with Gasteiger partial charge in [-0.3, -0.25) is 4.79 Å². The third-order valence-corrected chi connectivity index (χ3v) is 4.32. The Morgan fingerprint density at radius 1 is 1.22 bits per heavy atom. The number of rotatable bonds is 6. The van der Waals surface area contributed by atoms with E-state index in [1.165, 1.54) is 12.1 Å². The topological polar surface area (TPSA) is 34.9 Å². The van der Waals surface area contributed by atoms with Gasteiger partial charge in [0.2, 0.25) is 5.78 Å². The molecule has 1 aromatic heterocycles. The number of halogens is 3. The normalized spacial score (nSPS) is 14.1. The van der Waals surface area contributed by atoms with Gasteiger partial charge in [-0.2, -0.15) is 13.2 Å². The minimum Gasteiger partial charge on any atom is -0.327 e. The van der Waals surface area contributed by atoms with Crippen LogP contribution in [0.2, 0.25) is 0 Å². The van der Waals surface area contributed by atoms with Gasteiger partial charge in [0.05, 0.1) is 11.3 Å². The van der Waals surface area contributed by atoms with E-state index in [0.717, 1.165) is 30.5 Å². The summed E-state index contributed by atoms with van der Waals surface area (Å²) in [5, 5.41) is 0. The molecule has 0 bridgehead atoms. The van der Waals surface area contributed by atoms with Crippen molar-refractivity contribution in [2.75, 3.05) is 0 Å². The van der Waals surface area contributed by atoms with Crippen molar-refractivity contribution in [1.82, 2.24) is 9.55 Å². The summed E-state index contributed by atoms with van der Waals surface area (Å²) in [6, 6.07) is 4.21. The minimum absolute atomic E-state index is 0.174. The molecule has 1 aromatic carbocycles. The van der Waals surface area contributed by atoms with E-state index >= 15 is 0 Å². The van der Waals surface area contributed by atoms with Crippen LogP contribution in [0, 0.1) is 0 Å². The molecule has 1 aliphatic carbocycles. The highest BCUT2D eigenvalue weighted by atomic mass is 19.4. The van der Waals surface area contributed by atoms with Gasteiger partial charge in [-0.1, -0.05) is 36.4 Å². The van der Waals surface area contributed by atoms with Crippen LogP contribution in [0.4, 0.5) is 13.2 Å². The van der Waals surface area contributed by atoms with Crippen LogP contribution in [-0.2, 0) is 12.7 Å². The van der Waals surface area contributed by atoms with Gasteiger partial charge in [-0.15, -0.1) is 6.58 Å². The summed E-state index contributed by atoms with van der Waals surface area (Å²) in [6.45, 7) is 4.21. The van der Waals surface area contributed by atoms with Gasteiger partial charge in [0.1, 0.15) is 0 Å². The number of aromatic nitrogens is 2. The van der Waals surface area contributed by atoms with Crippen LogP contribution in [0.5, 0.6) is 0 Å². The van der Waals surface area contributed by atoms with Gasteiger partial charge in [0.25, 0.3) is 0 Å². The molecule has 0 saturated carbocycles. The molecular formula is C21H19F3N2O. The van der Waals surface area contributed by atoms with Gasteiger partial charge in [0, 0.05) is 18.3 Å². The van der Waals surface area contributed by atoms with Crippen LogP contribution in [-0.4, -0.2) is 15.3 Å². The average Bonchev–Trinajstić information content (AvgIpc) is 3.10. The van der Waals surface area contributed by atoms with Crippen LogP contribution < -0.4 is 0 Å². The van der Waals surface area contributed by atoms with E-state index in [0.29, 0.717) is 18.7 Å². The zero-order chi connectivity index (χ0) is 19.4. The van der Waals surface area contributed by atoms with E-state index in [1.807, 2.05) is 12.3 Å². The maximum absolute atomic E-state index is 12.9. The number of aryl methyl sites for hydroxylation is 1. The SMILES string of the molecule is C=CCCn1cc(C2=CCCC=C2)nc1C(=O)c1ccc(C(F)(F)F)cc1. The number of hydrogen-bond donors (Lipinski definition) is 0. The van der Waals surface area contributed by atoms with Crippen molar-refractivity contribution >= 4 is 11.4 Å². The van der Waals surface area contributed by atoms with Gasteiger partial charge in [-0.25, -0.2) is 4.98 Å². The van der Waals surface area contributed by atoms with E-state index in [1.54, 1.807) is 10.6 Å². The fourth-order valence-corrected chi connectivity index (χ4v) is 2.88. The molecule has 0 amide bonds. The molecule has 27 heavy (non-hydrogen) atoms. The molecule has 0 fully saturated rings. The Balaban J connectivity index is 1.94. The summed E-state index contributed by atoms with van der Waals surface area (Å²) in [6.07, 6.45) is 7.73. The number of carbonyl (C=O) groups is 1. The molecule has 1 aliphatic rings. The fourth-order valence-electron chi connectivity index (χ4n) is 2.88. The molecule has 1 heterocycles. The predicted molar refractivity (Wildman–Crippen MR) is 98.3 cm³/mol. The molecule has 6 heteroatoms. The fraction of sp³-hybridized carbons (Fsp3) is 0.238. The van der Waals surface area contributed by atoms with Crippen LogP contribution in [0.15, 0.2) is 61.3 Å². The number of hydrogen-bond acceptors (Lipinski definition) is 2. The third-order valence-electron chi connectivity index (χ3n) is 4.32. The Kier molecular flexibility index (Phi) is 5.44. The van der Waals surface area contributed by atoms with Crippen LogP contribution in [0.25, 0.3) is 5.57 Å². The number of ketones is 1. The van der Waals surface area contributed by atoms with E-state index < -0.39 is 17.5 Å². The summed E-state index contributed by atoms with van der Waals surface area (Å²) in [4.78, 5) is 17.3. The first-order chi connectivity index (χ1) is 12.9. The number of imidazole rings is 1. The lowest BCUT2D eigenvalue weighted by molar-refractivity contribution is -0.137. The zero-order valence-electron chi connectivity index (χ0n) is 14.7. The van der Waals surface area contributed by atoms with Crippen LogP contribution >= 0.6 is 0 Å². The maximum Gasteiger partial charge on any atom is 0.416 e. The van der Waals surface area contributed by atoms with Crippen molar-refractivity contribution in [2.45, 2.75) is 32.0 Å². The average molecular weight is 372 g/mol. The first kappa shape index (κ1) is 18.9. The van der Waals surface area contributed by atoms with Gasteiger partial charge >= 0.3 is 6.18 Å². The smallest absolute Gasteiger partial charge is 0.327 e. The van der Waals surface area contributed by atoms with Crippen LogP contribution in [0.1, 0.15) is 46.7 Å². The first-order valence-electron chi connectivity index (χ1n) is 8.67. The number of alkyl halides is 3. The Labute approximate surface area is 155 Å². The molecule has 0 spiro atoms. The van der Waals surface area contributed by atoms with Gasteiger partial charge < -0.3 is 4.57 Å². The highest BCUT2D eigenvalue weighted by molar-refractivity contribution is 6.07. The lowest BCUT2D eigenvalue weighted by Crippen LogP contribution is -2.12. The molecule has 0 N–H and O–H groups in total. The maximum atomic E-state index is 12.9. The Hall–Kier alpha value is -2.89. The molecule has 0 atom stereocenters. The quantitative estimate of drug-likeness (QED) is 0.500. The zero-order valence-corrected chi connectivity index (χ0v) is 14.7. The second-order valence-electron chi connectivity index (χ2n) is 6.26. The predicted octanol–water partition coefficient (Wildman–Crippen LogP) is 5.44. The molecular weight excluding hydrogens is 353 g/mol. The van der Waals surface area contributed by atoms with Gasteiger partial charge in [0.15, 0.2) is 5.82 Å². The van der Waals surface area contributed by atoms with Crippen molar-refractivity contribution in [3.8, 4) is 0 Å². The standard InChI is InChI=1S/C21H19F3N2O/c1-2-3-13-26-14-18(15-7-5-4-6-8-15)25-20(26)19(27)16-9-11-17(12-10-16)21(22,23)24/h2,5,7-12,14H,1,3-4,6,13H2. The second-order valence-corrected chi connectivity index (χ2v) is 6.26. The Morgan fingerprint density at radius 2 is 1.96 bits per heavy atom. The largest absolute Gasteiger partial charge is 0.416 e. The molecule has 0 saturated heterocycles. The molecule has 140 valence electrons. The lowest BCUT2D eigenvalue weighted by Gasteiger charge is -2.08.